The highest BCUT2D eigenvalue weighted by atomic mass is 32.1. The van der Waals surface area contributed by atoms with Gasteiger partial charge in [-0.1, -0.05) is 12.2 Å². The Kier molecular flexibility index (Phi) is 5.92. The molecule has 4 N–H and O–H groups in total. The topological polar surface area (TPSA) is 93.5 Å². The quantitative estimate of drug-likeness (QED) is 0.640. The van der Waals surface area contributed by atoms with Crippen LogP contribution in [-0.2, 0) is 9.59 Å². The second-order valence-corrected chi connectivity index (χ2v) is 4.52. The number of amides is 2. The van der Waals surface area contributed by atoms with Crippen LogP contribution < -0.4 is 21.1 Å². The molecular formula is C13H17N3O3S. The summed E-state index contributed by atoms with van der Waals surface area (Å²) in [6, 6.07) is 6.16. The van der Waals surface area contributed by atoms with Gasteiger partial charge in [0, 0.05) is 12.6 Å². The molecule has 0 aliphatic rings. The maximum absolute atomic E-state index is 11.6. The summed E-state index contributed by atoms with van der Waals surface area (Å²) in [5.74, 6) is -0.119. The molecule has 6 nitrogen and oxygen atoms in total. The summed E-state index contributed by atoms with van der Waals surface area (Å²) in [7, 11) is 1.50. The van der Waals surface area contributed by atoms with E-state index < -0.39 is 6.04 Å². The van der Waals surface area contributed by atoms with E-state index in [1.165, 1.54) is 7.05 Å². The van der Waals surface area contributed by atoms with E-state index in [1.54, 1.807) is 31.2 Å². The molecule has 0 spiro atoms. The molecule has 1 aromatic carbocycles. The summed E-state index contributed by atoms with van der Waals surface area (Å²) in [5, 5.41) is 4.96. The van der Waals surface area contributed by atoms with Crippen LogP contribution in [0.25, 0.3) is 0 Å². The smallest absolute Gasteiger partial charge is 0.258 e. The molecule has 0 radical (unpaired) electrons. The van der Waals surface area contributed by atoms with Gasteiger partial charge in [-0.05, 0) is 31.2 Å². The van der Waals surface area contributed by atoms with Crippen molar-refractivity contribution in [1.82, 2.24) is 10.6 Å². The molecule has 0 fully saturated rings. The Balaban J connectivity index is 2.44. The van der Waals surface area contributed by atoms with Crippen LogP contribution in [0.5, 0.6) is 5.75 Å². The first kappa shape index (κ1) is 15.9. The molecule has 0 saturated carbocycles. The Morgan fingerprint density at radius 3 is 2.45 bits per heavy atom. The first-order valence-corrected chi connectivity index (χ1v) is 6.38. The Hall–Kier alpha value is -2.15. The largest absolute Gasteiger partial charge is 0.484 e. The van der Waals surface area contributed by atoms with E-state index in [4.69, 9.17) is 22.7 Å². The van der Waals surface area contributed by atoms with E-state index in [-0.39, 0.29) is 18.4 Å². The number of carbonyl (C=O) groups is 2. The van der Waals surface area contributed by atoms with Gasteiger partial charge in [-0.3, -0.25) is 9.59 Å². The van der Waals surface area contributed by atoms with Gasteiger partial charge in [-0.25, -0.2) is 0 Å². The lowest BCUT2D eigenvalue weighted by Gasteiger charge is -2.12. The van der Waals surface area contributed by atoms with E-state index in [1.807, 2.05) is 0 Å². The third-order valence-electron chi connectivity index (χ3n) is 2.53. The molecule has 1 atom stereocenters. The van der Waals surface area contributed by atoms with Crippen LogP contribution in [0.4, 0.5) is 0 Å². The number of benzene rings is 1. The fourth-order valence-corrected chi connectivity index (χ4v) is 1.57. The van der Waals surface area contributed by atoms with Gasteiger partial charge in [0.1, 0.15) is 16.8 Å². The third kappa shape index (κ3) is 4.85. The molecule has 0 aromatic heterocycles. The average Bonchev–Trinajstić information content (AvgIpc) is 2.44. The molecule has 0 heterocycles. The van der Waals surface area contributed by atoms with Gasteiger partial charge in [-0.15, -0.1) is 0 Å². The van der Waals surface area contributed by atoms with Crippen molar-refractivity contribution in [3.8, 4) is 5.75 Å². The number of carbonyl (C=O) groups excluding carboxylic acids is 2. The molecule has 0 aliphatic carbocycles. The molecule has 108 valence electrons. The second kappa shape index (κ2) is 7.44. The van der Waals surface area contributed by atoms with Crippen LogP contribution in [0.15, 0.2) is 24.3 Å². The molecule has 20 heavy (non-hydrogen) atoms. The predicted molar refractivity (Wildman–Crippen MR) is 79.5 cm³/mol. The average molecular weight is 295 g/mol. The molecule has 7 heteroatoms. The first-order chi connectivity index (χ1) is 9.43. The molecule has 0 bridgehead atoms. The van der Waals surface area contributed by atoms with Crippen molar-refractivity contribution in [3.63, 3.8) is 0 Å². The fourth-order valence-electron chi connectivity index (χ4n) is 1.43. The number of ether oxygens (including phenoxy) is 1. The normalized spacial score (nSPS) is 11.3. The van der Waals surface area contributed by atoms with Crippen molar-refractivity contribution in [2.24, 2.45) is 5.73 Å². The van der Waals surface area contributed by atoms with Crippen LogP contribution in [0.1, 0.15) is 12.5 Å². The van der Waals surface area contributed by atoms with Crippen molar-refractivity contribution in [2.45, 2.75) is 13.0 Å². The predicted octanol–water partition coefficient (Wildman–Crippen LogP) is -0.0497. The maximum atomic E-state index is 11.6. The molecule has 1 aromatic rings. The lowest BCUT2D eigenvalue weighted by atomic mass is 10.2. The molecule has 1 rings (SSSR count). The van der Waals surface area contributed by atoms with Crippen LogP contribution in [0, 0.1) is 0 Å². The highest BCUT2D eigenvalue weighted by molar-refractivity contribution is 7.80. The minimum absolute atomic E-state index is 0.173. The number of hydrogen-bond donors (Lipinski definition) is 3. The number of likely N-dealkylation sites (N-methyl/N-ethyl adjacent to an activating group) is 1. The van der Waals surface area contributed by atoms with Crippen molar-refractivity contribution >= 4 is 29.0 Å². The second-order valence-electron chi connectivity index (χ2n) is 4.08. The lowest BCUT2D eigenvalue weighted by molar-refractivity contribution is -0.129. The molecule has 0 saturated heterocycles. The van der Waals surface area contributed by atoms with Crippen molar-refractivity contribution in [3.05, 3.63) is 29.8 Å². The van der Waals surface area contributed by atoms with Gasteiger partial charge < -0.3 is 21.1 Å². The third-order valence-corrected chi connectivity index (χ3v) is 2.76. The summed E-state index contributed by atoms with van der Waals surface area (Å²) >= 11 is 4.83. The minimum Gasteiger partial charge on any atom is -0.484 e. The summed E-state index contributed by atoms with van der Waals surface area (Å²) < 4.78 is 5.29. The Bertz CT molecular complexity index is 502. The van der Waals surface area contributed by atoms with E-state index in [9.17, 15) is 9.59 Å². The highest BCUT2D eigenvalue weighted by Crippen LogP contribution is 2.11. The van der Waals surface area contributed by atoms with Crippen LogP contribution >= 0.6 is 12.2 Å². The molecule has 0 aliphatic heterocycles. The monoisotopic (exact) mass is 295 g/mol. The van der Waals surface area contributed by atoms with Gasteiger partial charge in [-0.2, -0.15) is 0 Å². The van der Waals surface area contributed by atoms with Gasteiger partial charge in [0.25, 0.3) is 5.91 Å². The number of hydrogen-bond acceptors (Lipinski definition) is 4. The standard InChI is InChI=1S/C13H17N3O3S/c1-8(13(18)15-2)16-11(17)7-19-10-5-3-9(4-6-10)12(14)20/h3-6,8H,7H2,1-2H3,(H2,14,20)(H,15,18)(H,16,17). The fraction of sp³-hybridized carbons (Fsp3) is 0.308. The molecule has 1 unspecified atom stereocenters. The number of nitrogens with two attached hydrogens (primary N) is 1. The van der Waals surface area contributed by atoms with Crippen LogP contribution in [0.2, 0.25) is 0 Å². The Labute approximate surface area is 122 Å². The van der Waals surface area contributed by atoms with E-state index in [0.29, 0.717) is 10.7 Å². The SMILES string of the molecule is CNC(=O)C(C)NC(=O)COc1ccc(C(N)=S)cc1. The number of thiocarbonyl (C=S) groups is 1. The van der Waals surface area contributed by atoms with Crippen molar-refractivity contribution in [1.29, 1.82) is 0 Å². The van der Waals surface area contributed by atoms with E-state index in [2.05, 4.69) is 10.6 Å². The maximum Gasteiger partial charge on any atom is 0.258 e. The lowest BCUT2D eigenvalue weighted by Crippen LogP contribution is -2.45. The number of rotatable bonds is 6. The Morgan fingerprint density at radius 1 is 1.35 bits per heavy atom. The van der Waals surface area contributed by atoms with Gasteiger partial charge >= 0.3 is 0 Å². The van der Waals surface area contributed by atoms with Crippen LogP contribution in [0.3, 0.4) is 0 Å². The zero-order valence-electron chi connectivity index (χ0n) is 11.3. The van der Waals surface area contributed by atoms with Gasteiger partial charge in [0.2, 0.25) is 5.91 Å². The first-order valence-electron chi connectivity index (χ1n) is 5.97. The summed E-state index contributed by atoms with van der Waals surface area (Å²) in [5.41, 5.74) is 6.20. The summed E-state index contributed by atoms with van der Waals surface area (Å²) in [6.45, 7) is 1.42. The highest BCUT2D eigenvalue weighted by Gasteiger charge is 2.14. The minimum atomic E-state index is -0.604. The summed E-state index contributed by atoms with van der Waals surface area (Å²) in [6.07, 6.45) is 0. The van der Waals surface area contributed by atoms with Crippen molar-refractivity contribution in [2.75, 3.05) is 13.7 Å². The van der Waals surface area contributed by atoms with E-state index >= 15 is 0 Å². The molecular weight excluding hydrogens is 278 g/mol. The summed E-state index contributed by atoms with van der Waals surface area (Å²) in [4.78, 5) is 23.1. The number of nitrogens with one attached hydrogen (secondary N) is 2. The van der Waals surface area contributed by atoms with Gasteiger partial charge in [0.05, 0.1) is 0 Å². The zero-order valence-corrected chi connectivity index (χ0v) is 12.1. The van der Waals surface area contributed by atoms with Gasteiger partial charge in [0.15, 0.2) is 6.61 Å². The molecule has 2 amide bonds. The Morgan fingerprint density at radius 2 is 1.95 bits per heavy atom. The zero-order chi connectivity index (χ0) is 15.1. The van der Waals surface area contributed by atoms with Crippen LogP contribution in [-0.4, -0.2) is 36.5 Å². The van der Waals surface area contributed by atoms with Crippen molar-refractivity contribution < 1.29 is 14.3 Å². The van der Waals surface area contributed by atoms with E-state index in [0.717, 1.165) is 5.56 Å².